The van der Waals surface area contributed by atoms with E-state index in [4.69, 9.17) is 19.2 Å². The molecule has 1 aromatic heterocycles. The minimum atomic E-state index is -0.565. The van der Waals surface area contributed by atoms with E-state index in [9.17, 15) is 4.79 Å². The molecular weight excluding hydrogens is 532 g/mol. The van der Waals surface area contributed by atoms with Crippen LogP contribution in [0.3, 0.4) is 0 Å². The number of hydrogen-bond donors (Lipinski definition) is 0. The third-order valence-corrected chi connectivity index (χ3v) is 7.61. The average Bonchev–Trinajstić information content (AvgIpc) is 3.67. The number of fused-ring (bicyclic) bond motifs is 1. The van der Waals surface area contributed by atoms with Crippen molar-refractivity contribution in [3.05, 3.63) is 54.3 Å². The Morgan fingerprint density at radius 3 is 2.69 bits per heavy atom. The van der Waals surface area contributed by atoms with Gasteiger partial charge >= 0.3 is 6.09 Å². The van der Waals surface area contributed by atoms with Crippen LogP contribution in [0.2, 0.25) is 0 Å². The zero-order valence-electron chi connectivity index (χ0n) is 26.4. The summed E-state index contributed by atoms with van der Waals surface area (Å²) in [6, 6.07) is 6.09. The van der Waals surface area contributed by atoms with E-state index in [0.29, 0.717) is 18.8 Å². The van der Waals surface area contributed by atoms with Crippen LogP contribution in [0.1, 0.15) is 79.1 Å². The number of rotatable bonds is 8. The third-order valence-electron chi connectivity index (χ3n) is 7.61. The summed E-state index contributed by atoms with van der Waals surface area (Å²) in [4.78, 5) is 29.1. The van der Waals surface area contributed by atoms with Crippen LogP contribution >= 0.6 is 0 Å². The summed E-state index contributed by atoms with van der Waals surface area (Å²) < 4.78 is 18.8. The van der Waals surface area contributed by atoms with Gasteiger partial charge in [-0.05, 0) is 77.3 Å². The Kier molecular flexibility index (Phi) is 10.5. The van der Waals surface area contributed by atoms with E-state index in [1.807, 2.05) is 69.9 Å². The lowest BCUT2D eigenvalue weighted by atomic mass is 9.96. The summed E-state index contributed by atoms with van der Waals surface area (Å²) in [5, 5.41) is 0. The number of carbonyl (C=O) groups excluding carboxylic acids is 1. The molecule has 4 heterocycles. The first-order valence-corrected chi connectivity index (χ1v) is 15.2. The highest BCUT2D eigenvalue weighted by molar-refractivity contribution is 6.00. The summed E-state index contributed by atoms with van der Waals surface area (Å²) in [5.74, 6) is 1.45. The third kappa shape index (κ3) is 7.85. The minimum Gasteiger partial charge on any atom is -0.454 e. The highest BCUT2D eigenvalue weighted by atomic mass is 16.7. The summed E-state index contributed by atoms with van der Waals surface area (Å²) in [6.45, 7) is 15.0. The second-order valence-corrected chi connectivity index (χ2v) is 11.8. The second kappa shape index (κ2) is 14.1. The van der Waals surface area contributed by atoms with Gasteiger partial charge in [0.2, 0.25) is 13.1 Å². The van der Waals surface area contributed by atoms with Crippen molar-refractivity contribution in [2.24, 2.45) is 4.99 Å². The van der Waals surface area contributed by atoms with E-state index >= 15 is 0 Å². The molecule has 0 spiro atoms. The number of hydrogen-bond acceptors (Lipinski definition) is 8. The fourth-order valence-electron chi connectivity index (χ4n) is 5.49. The largest absolute Gasteiger partial charge is 0.454 e. The normalized spacial score (nSPS) is 20.3. The number of nitrogens with zero attached hydrogens (tertiary/aromatic N) is 6. The Morgan fingerprint density at radius 2 is 1.95 bits per heavy atom. The number of piperidine rings is 1. The summed E-state index contributed by atoms with van der Waals surface area (Å²) in [6.07, 6.45) is 11.6. The summed E-state index contributed by atoms with van der Waals surface area (Å²) in [7, 11) is 2.07. The molecule has 1 saturated heterocycles. The predicted octanol–water partition coefficient (Wildman–Crippen LogP) is 6.07. The average molecular weight is 581 g/mol. The van der Waals surface area contributed by atoms with E-state index in [1.54, 1.807) is 11.1 Å². The van der Waals surface area contributed by atoms with Crippen LogP contribution in [-0.4, -0.2) is 81.2 Å². The van der Waals surface area contributed by atoms with Gasteiger partial charge in [0.05, 0.1) is 18.1 Å². The quantitative estimate of drug-likeness (QED) is 0.375. The van der Waals surface area contributed by atoms with Gasteiger partial charge in [0.25, 0.3) is 0 Å². The number of imidazole rings is 1. The zero-order valence-corrected chi connectivity index (χ0v) is 26.4. The van der Waals surface area contributed by atoms with Crippen LogP contribution in [0.15, 0.2) is 53.7 Å². The van der Waals surface area contributed by atoms with Crippen LogP contribution in [0.25, 0.3) is 0 Å². The van der Waals surface area contributed by atoms with Gasteiger partial charge in [0.15, 0.2) is 11.5 Å². The van der Waals surface area contributed by atoms with E-state index in [0.717, 1.165) is 43.0 Å². The first kappa shape index (κ1) is 31.4. The molecule has 42 heavy (non-hydrogen) atoms. The maximum atomic E-state index is 13.2. The van der Waals surface area contributed by atoms with Gasteiger partial charge < -0.3 is 24.0 Å². The fraction of sp³-hybridized carbons (Fsp3) is 0.594. The molecule has 2 aromatic rings. The van der Waals surface area contributed by atoms with Gasteiger partial charge in [0.1, 0.15) is 5.60 Å². The van der Waals surface area contributed by atoms with Gasteiger partial charge in [-0.25, -0.2) is 14.8 Å². The lowest BCUT2D eigenvalue weighted by molar-refractivity contribution is 0.0223. The van der Waals surface area contributed by atoms with Crippen molar-refractivity contribution >= 4 is 11.8 Å². The Balaban J connectivity index is 0.00000198. The molecule has 2 atom stereocenters. The number of carbonyl (C=O) groups is 1. The molecule has 0 aliphatic carbocycles. The van der Waals surface area contributed by atoms with Crippen LogP contribution < -0.4 is 9.47 Å². The molecule has 1 fully saturated rings. The monoisotopic (exact) mass is 580 g/mol. The Bertz CT molecular complexity index is 1240. The number of likely N-dealkylation sites (tertiary alicyclic amines) is 1. The first-order chi connectivity index (χ1) is 20.2. The summed E-state index contributed by atoms with van der Waals surface area (Å²) >= 11 is 0. The van der Waals surface area contributed by atoms with E-state index in [-0.39, 0.29) is 25.2 Å². The van der Waals surface area contributed by atoms with Gasteiger partial charge in [-0.1, -0.05) is 26.3 Å². The van der Waals surface area contributed by atoms with E-state index in [2.05, 4.69) is 34.8 Å². The molecule has 1 amide bonds. The Labute approximate surface area is 250 Å². The molecule has 0 N–H and O–H groups in total. The maximum absolute atomic E-state index is 13.2. The first-order valence-electron chi connectivity index (χ1n) is 15.2. The lowest BCUT2D eigenvalue weighted by Crippen LogP contribution is -2.47. The molecule has 230 valence electrons. The van der Waals surface area contributed by atoms with Crippen LogP contribution in [-0.2, 0) is 11.3 Å². The SMILES string of the molecule is CC.CC1=CC(C2CCCCN2CCCN(Cc2ccc3c(c2)OCO3)C(=O)OC(C)(C)C)=NC(n2ccnc2)N1C. The standard InChI is InChI=1S/C30H42N6O4.C2H6/c1-22-17-24(32-28(33(22)5)36-16-12-31-20-36)25-9-6-7-13-34(25)14-8-15-35(29(37)40-30(2,3)4)19-23-10-11-26-27(18-23)39-21-38-26;1-2/h10-12,16-18,20,25,28H,6-9,13-15,19,21H2,1-5H3;1-2H3. The minimum absolute atomic E-state index is 0.129. The molecule has 10 heteroatoms. The molecule has 0 radical (unpaired) electrons. The molecule has 2 unspecified atom stereocenters. The van der Waals surface area contributed by atoms with Gasteiger partial charge in [-0.2, -0.15) is 0 Å². The fourth-order valence-corrected chi connectivity index (χ4v) is 5.49. The molecule has 1 aromatic carbocycles. The molecule has 10 nitrogen and oxygen atoms in total. The van der Waals surface area contributed by atoms with Crippen molar-refractivity contribution in [3.8, 4) is 11.5 Å². The van der Waals surface area contributed by atoms with Gasteiger partial charge in [-0.15, -0.1) is 0 Å². The smallest absolute Gasteiger partial charge is 0.410 e. The molecule has 0 saturated carbocycles. The van der Waals surface area contributed by atoms with Crippen LogP contribution in [0, 0.1) is 0 Å². The highest BCUT2D eigenvalue weighted by Gasteiger charge is 2.31. The lowest BCUT2D eigenvalue weighted by Gasteiger charge is -2.40. The number of ether oxygens (including phenoxy) is 3. The zero-order chi connectivity index (χ0) is 30.3. The topological polar surface area (TPSA) is 84.7 Å². The van der Waals surface area contributed by atoms with Gasteiger partial charge in [0, 0.05) is 44.8 Å². The van der Waals surface area contributed by atoms with Crippen molar-refractivity contribution < 1.29 is 19.0 Å². The van der Waals surface area contributed by atoms with Crippen molar-refractivity contribution in [2.75, 3.05) is 33.5 Å². The van der Waals surface area contributed by atoms with Gasteiger partial charge in [-0.3, -0.25) is 9.47 Å². The van der Waals surface area contributed by atoms with Crippen molar-refractivity contribution in [2.45, 2.75) is 91.7 Å². The predicted molar refractivity (Wildman–Crippen MR) is 165 cm³/mol. The molecule has 0 bridgehead atoms. The van der Waals surface area contributed by atoms with Crippen molar-refractivity contribution in [1.29, 1.82) is 0 Å². The molecule has 3 aliphatic rings. The number of aromatic nitrogens is 2. The van der Waals surface area contributed by atoms with E-state index < -0.39 is 5.60 Å². The Hall–Kier alpha value is -3.53. The Morgan fingerprint density at radius 1 is 1.17 bits per heavy atom. The van der Waals surface area contributed by atoms with Crippen molar-refractivity contribution in [3.63, 3.8) is 0 Å². The highest BCUT2D eigenvalue weighted by Crippen LogP contribution is 2.33. The number of aliphatic imine (C=N–C) groups is 1. The van der Waals surface area contributed by atoms with Crippen LogP contribution in [0.4, 0.5) is 4.79 Å². The number of allylic oxidation sites excluding steroid dienone is 1. The number of benzene rings is 1. The van der Waals surface area contributed by atoms with Crippen molar-refractivity contribution in [1.82, 2.24) is 24.3 Å². The van der Waals surface area contributed by atoms with E-state index in [1.165, 1.54) is 18.5 Å². The number of amides is 1. The maximum Gasteiger partial charge on any atom is 0.410 e. The second-order valence-electron chi connectivity index (χ2n) is 11.8. The molecular formula is C32H48N6O4. The van der Waals surface area contributed by atoms with Crippen LogP contribution in [0.5, 0.6) is 11.5 Å². The molecule has 3 aliphatic heterocycles. The summed E-state index contributed by atoms with van der Waals surface area (Å²) in [5.41, 5.74) is 2.73. The molecule has 5 rings (SSSR count).